The van der Waals surface area contributed by atoms with E-state index in [0.717, 1.165) is 6.07 Å². The van der Waals surface area contributed by atoms with Crippen LogP contribution < -0.4 is 5.32 Å². The molecule has 2 heterocycles. The molecule has 1 aromatic heterocycles. The van der Waals surface area contributed by atoms with Gasteiger partial charge in [-0.2, -0.15) is 0 Å². The van der Waals surface area contributed by atoms with Crippen molar-refractivity contribution in [3.05, 3.63) is 51.7 Å². The first-order chi connectivity index (χ1) is 13.8. The number of aliphatic carboxylic acids is 1. The lowest BCUT2D eigenvalue weighted by molar-refractivity contribution is -0.136. The molecule has 2 N–H and O–H groups in total. The highest BCUT2D eigenvalue weighted by Crippen LogP contribution is 2.35. The fourth-order valence-corrected chi connectivity index (χ4v) is 3.19. The number of hydrogen-bond acceptors (Lipinski definition) is 6. The number of rotatable bonds is 7. The third-order valence-corrected chi connectivity index (χ3v) is 4.46. The Morgan fingerprint density at radius 1 is 1.31 bits per heavy atom. The Morgan fingerprint density at radius 3 is 2.59 bits per heavy atom. The monoisotopic (exact) mass is 431 g/mol. The molecule has 2 aromatic rings. The Bertz CT molecular complexity index is 910. The number of halogens is 4. The molecule has 11 heteroatoms. The molecular weight excluding hydrogens is 415 g/mol. The summed E-state index contributed by atoms with van der Waals surface area (Å²) >= 11 is 5.93. The van der Waals surface area contributed by atoms with E-state index in [0.29, 0.717) is 0 Å². The zero-order valence-corrected chi connectivity index (χ0v) is 15.9. The normalized spacial score (nSPS) is 15.7. The summed E-state index contributed by atoms with van der Waals surface area (Å²) < 4.78 is 51.4. The molecule has 1 aliphatic rings. The highest BCUT2D eigenvalue weighted by Gasteiger charge is 2.29. The molecular formula is C18H17ClF3N3O4. The van der Waals surface area contributed by atoms with Crippen molar-refractivity contribution in [3.63, 3.8) is 0 Å². The highest BCUT2D eigenvalue weighted by atomic mass is 35.5. The van der Waals surface area contributed by atoms with Crippen LogP contribution in [0.4, 0.5) is 19.0 Å². The highest BCUT2D eigenvalue weighted by molar-refractivity contribution is 6.28. The first-order valence-corrected chi connectivity index (χ1v) is 9.00. The summed E-state index contributed by atoms with van der Waals surface area (Å²) in [5, 5.41) is 11.8. The summed E-state index contributed by atoms with van der Waals surface area (Å²) in [6, 6.07) is 2.89. The topological polar surface area (TPSA) is 93.6 Å². The Kier molecular flexibility index (Phi) is 6.56. The second kappa shape index (κ2) is 8.93. The third kappa shape index (κ3) is 4.77. The molecule has 1 atom stereocenters. The lowest BCUT2D eigenvalue weighted by Crippen LogP contribution is -2.18. The summed E-state index contributed by atoms with van der Waals surface area (Å²) in [5.74, 6) is -2.13. The minimum absolute atomic E-state index is 0.0171. The van der Waals surface area contributed by atoms with E-state index in [9.17, 15) is 18.0 Å². The molecule has 0 amide bonds. The predicted octanol–water partition coefficient (Wildman–Crippen LogP) is 4.05. The van der Waals surface area contributed by atoms with Gasteiger partial charge in [0.2, 0.25) is 5.28 Å². The van der Waals surface area contributed by atoms with E-state index in [2.05, 4.69) is 15.3 Å². The largest absolute Gasteiger partial charge is 0.481 e. The van der Waals surface area contributed by atoms with E-state index in [1.807, 2.05) is 0 Å². The van der Waals surface area contributed by atoms with E-state index < -0.39 is 42.5 Å². The van der Waals surface area contributed by atoms with Crippen LogP contribution in [0.3, 0.4) is 0 Å². The molecule has 0 bridgehead atoms. The summed E-state index contributed by atoms with van der Waals surface area (Å²) in [5.41, 5.74) is -0.449. The number of anilines is 1. The van der Waals surface area contributed by atoms with Gasteiger partial charge in [0.05, 0.1) is 42.5 Å². The second-order valence-corrected chi connectivity index (χ2v) is 6.60. The molecule has 0 aliphatic carbocycles. The summed E-state index contributed by atoms with van der Waals surface area (Å²) in [7, 11) is 0. The van der Waals surface area contributed by atoms with Crippen LogP contribution in [0.15, 0.2) is 18.2 Å². The number of alkyl halides is 2. The molecule has 0 radical (unpaired) electrons. The molecule has 29 heavy (non-hydrogen) atoms. The van der Waals surface area contributed by atoms with Gasteiger partial charge < -0.3 is 19.9 Å². The van der Waals surface area contributed by atoms with E-state index >= 15 is 0 Å². The molecule has 1 aromatic carbocycles. The second-order valence-electron chi connectivity index (χ2n) is 6.26. The van der Waals surface area contributed by atoms with Crippen molar-refractivity contribution in [2.24, 2.45) is 0 Å². The van der Waals surface area contributed by atoms with Crippen LogP contribution in [0, 0.1) is 5.82 Å². The molecule has 156 valence electrons. The average Bonchev–Trinajstić information content (AvgIpc) is 3.14. The molecule has 1 fully saturated rings. The standard InChI is InChI=1S/C18H17ClF3N3O4/c1-8(9-3-2-4-10(14(9)20)15(21)22)23-16-13(17-28-5-6-29-17)11(7-12(26)27)24-18(19)25-16/h2-4,8,15,17H,5-7H2,1H3,(H,26,27)(H,23,24,25). The number of hydrogen-bond donors (Lipinski definition) is 2. The molecule has 0 spiro atoms. The number of carboxylic acids is 1. The van der Waals surface area contributed by atoms with Crippen LogP contribution in [0.5, 0.6) is 0 Å². The van der Waals surface area contributed by atoms with E-state index in [4.69, 9.17) is 26.2 Å². The maximum absolute atomic E-state index is 14.5. The van der Waals surface area contributed by atoms with E-state index in [-0.39, 0.29) is 41.1 Å². The van der Waals surface area contributed by atoms with Gasteiger partial charge in [-0.1, -0.05) is 18.2 Å². The first kappa shape index (κ1) is 21.3. The molecule has 3 rings (SSSR count). The van der Waals surface area contributed by atoms with Crippen molar-refractivity contribution in [2.75, 3.05) is 18.5 Å². The zero-order chi connectivity index (χ0) is 21.1. The van der Waals surface area contributed by atoms with Crippen LogP contribution in [0.2, 0.25) is 5.28 Å². The maximum Gasteiger partial charge on any atom is 0.309 e. The van der Waals surface area contributed by atoms with Crippen LogP contribution >= 0.6 is 11.6 Å². The van der Waals surface area contributed by atoms with Crippen molar-refractivity contribution >= 4 is 23.4 Å². The minimum Gasteiger partial charge on any atom is -0.481 e. The molecule has 0 saturated carbocycles. The van der Waals surface area contributed by atoms with Crippen LogP contribution in [-0.2, 0) is 20.7 Å². The van der Waals surface area contributed by atoms with Crippen LogP contribution in [0.25, 0.3) is 0 Å². The number of aromatic nitrogens is 2. The summed E-state index contributed by atoms with van der Waals surface area (Å²) in [6.07, 6.45) is -4.37. The Morgan fingerprint density at radius 2 is 1.97 bits per heavy atom. The smallest absolute Gasteiger partial charge is 0.309 e. The maximum atomic E-state index is 14.5. The van der Waals surface area contributed by atoms with Crippen LogP contribution in [-0.4, -0.2) is 34.3 Å². The van der Waals surface area contributed by atoms with Gasteiger partial charge >= 0.3 is 5.97 Å². The number of benzene rings is 1. The van der Waals surface area contributed by atoms with Crippen molar-refractivity contribution in [1.82, 2.24) is 9.97 Å². The predicted molar refractivity (Wildman–Crippen MR) is 96.4 cm³/mol. The Hall–Kier alpha value is -2.43. The molecule has 1 aliphatic heterocycles. The number of nitrogens with zero attached hydrogens (tertiary/aromatic N) is 2. The lowest BCUT2D eigenvalue weighted by Gasteiger charge is -2.22. The summed E-state index contributed by atoms with van der Waals surface area (Å²) in [6.45, 7) is 2.10. The lowest BCUT2D eigenvalue weighted by atomic mass is 10.0. The van der Waals surface area contributed by atoms with Gasteiger partial charge in [-0.3, -0.25) is 4.79 Å². The quantitative estimate of drug-likeness (QED) is 0.639. The Labute approximate surface area is 168 Å². The summed E-state index contributed by atoms with van der Waals surface area (Å²) in [4.78, 5) is 19.2. The molecule has 7 nitrogen and oxygen atoms in total. The van der Waals surface area contributed by atoms with Gasteiger partial charge in [0, 0.05) is 5.56 Å². The van der Waals surface area contributed by atoms with Crippen molar-refractivity contribution < 1.29 is 32.5 Å². The van der Waals surface area contributed by atoms with Gasteiger partial charge in [0.25, 0.3) is 6.43 Å². The fraction of sp³-hybridized carbons (Fsp3) is 0.389. The average molecular weight is 432 g/mol. The molecule has 1 saturated heterocycles. The van der Waals surface area contributed by atoms with E-state index in [1.54, 1.807) is 6.92 Å². The zero-order valence-electron chi connectivity index (χ0n) is 15.2. The minimum atomic E-state index is -2.96. The molecule has 1 unspecified atom stereocenters. The fourth-order valence-electron chi connectivity index (χ4n) is 3.00. The number of carboxylic acid groups (broad SMARTS) is 1. The van der Waals surface area contributed by atoms with Gasteiger partial charge in [0.15, 0.2) is 6.29 Å². The van der Waals surface area contributed by atoms with Gasteiger partial charge in [0.1, 0.15) is 11.6 Å². The van der Waals surface area contributed by atoms with Crippen molar-refractivity contribution in [2.45, 2.75) is 32.1 Å². The van der Waals surface area contributed by atoms with Gasteiger partial charge in [-0.05, 0) is 18.5 Å². The van der Waals surface area contributed by atoms with Gasteiger partial charge in [-0.15, -0.1) is 0 Å². The number of ether oxygens (including phenoxy) is 2. The van der Waals surface area contributed by atoms with Crippen molar-refractivity contribution in [1.29, 1.82) is 0 Å². The van der Waals surface area contributed by atoms with Crippen molar-refractivity contribution in [3.8, 4) is 0 Å². The first-order valence-electron chi connectivity index (χ1n) is 8.62. The van der Waals surface area contributed by atoms with Crippen LogP contribution in [0.1, 0.15) is 48.1 Å². The van der Waals surface area contributed by atoms with Gasteiger partial charge in [-0.25, -0.2) is 23.1 Å². The number of carbonyl (C=O) groups is 1. The SMILES string of the molecule is CC(Nc1nc(Cl)nc(CC(=O)O)c1C1OCCO1)c1cccc(C(F)F)c1F. The van der Waals surface area contributed by atoms with E-state index in [1.165, 1.54) is 12.1 Å². The number of nitrogens with one attached hydrogen (secondary N) is 1. The Balaban J connectivity index is 2.01. The third-order valence-electron chi connectivity index (χ3n) is 4.29.